The van der Waals surface area contributed by atoms with Gasteiger partial charge in [-0.05, 0) is 25.0 Å². The van der Waals surface area contributed by atoms with E-state index in [4.69, 9.17) is 0 Å². The predicted octanol–water partition coefficient (Wildman–Crippen LogP) is 0.930. The average molecular weight is 266 g/mol. The maximum atomic E-state index is 13.4. The van der Waals surface area contributed by atoms with Crippen LogP contribution in [-0.2, 0) is 4.79 Å². The minimum absolute atomic E-state index is 0.102. The quantitative estimate of drug-likeness (QED) is 0.742. The number of benzene rings is 1. The van der Waals surface area contributed by atoms with Gasteiger partial charge in [0.05, 0.1) is 0 Å². The average Bonchev–Trinajstić information content (AvgIpc) is 3.12. The number of amides is 2. The normalized spacial score (nSPS) is 13.9. The van der Waals surface area contributed by atoms with E-state index in [9.17, 15) is 19.1 Å². The van der Waals surface area contributed by atoms with E-state index < -0.39 is 23.0 Å². The van der Waals surface area contributed by atoms with Gasteiger partial charge in [0.15, 0.2) is 0 Å². The van der Waals surface area contributed by atoms with E-state index >= 15 is 0 Å². The lowest BCUT2D eigenvalue weighted by Crippen LogP contribution is -2.32. The largest absolute Gasteiger partial charge is 0.507 e. The Hall–Kier alpha value is -2.11. The number of carbonyl (C=O) groups excluding carboxylic acids is 2. The second-order valence-corrected chi connectivity index (χ2v) is 4.48. The molecule has 5 nitrogen and oxygen atoms in total. The lowest BCUT2D eigenvalue weighted by molar-refractivity contribution is -0.121. The SMILES string of the molecule is O=C(CCNC(=O)c1c(O)cccc1F)NC1CC1. The Morgan fingerprint density at radius 3 is 2.74 bits per heavy atom. The van der Waals surface area contributed by atoms with Gasteiger partial charge in [-0.1, -0.05) is 6.07 Å². The molecule has 0 bridgehead atoms. The van der Waals surface area contributed by atoms with E-state index in [0.717, 1.165) is 18.9 Å². The summed E-state index contributed by atoms with van der Waals surface area (Å²) in [6.07, 6.45) is 2.14. The molecule has 0 spiro atoms. The van der Waals surface area contributed by atoms with Gasteiger partial charge in [-0.2, -0.15) is 0 Å². The van der Waals surface area contributed by atoms with Crippen LogP contribution in [0.15, 0.2) is 18.2 Å². The molecule has 0 unspecified atom stereocenters. The number of halogens is 1. The number of carbonyl (C=O) groups is 2. The Bertz CT molecular complexity index is 480. The monoisotopic (exact) mass is 266 g/mol. The van der Waals surface area contributed by atoms with Crippen molar-refractivity contribution in [1.82, 2.24) is 10.6 Å². The van der Waals surface area contributed by atoms with Gasteiger partial charge in [0.1, 0.15) is 17.1 Å². The highest BCUT2D eigenvalue weighted by Crippen LogP contribution is 2.19. The molecule has 1 aliphatic carbocycles. The molecule has 1 saturated carbocycles. The van der Waals surface area contributed by atoms with Crippen molar-refractivity contribution in [2.75, 3.05) is 6.54 Å². The summed E-state index contributed by atoms with van der Waals surface area (Å²) in [6, 6.07) is 3.91. The Balaban J connectivity index is 1.82. The second kappa shape index (κ2) is 5.69. The maximum absolute atomic E-state index is 13.4. The Labute approximate surface area is 109 Å². The Morgan fingerprint density at radius 1 is 1.37 bits per heavy atom. The van der Waals surface area contributed by atoms with Crippen LogP contribution in [0.25, 0.3) is 0 Å². The lowest BCUT2D eigenvalue weighted by atomic mass is 10.1. The lowest BCUT2D eigenvalue weighted by Gasteiger charge is -2.07. The van der Waals surface area contributed by atoms with Crippen LogP contribution in [0.3, 0.4) is 0 Å². The van der Waals surface area contributed by atoms with Crippen LogP contribution >= 0.6 is 0 Å². The van der Waals surface area contributed by atoms with Crippen LogP contribution in [0.4, 0.5) is 4.39 Å². The molecule has 0 aromatic heterocycles. The molecule has 19 heavy (non-hydrogen) atoms. The second-order valence-electron chi connectivity index (χ2n) is 4.48. The summed E-state index contributed by atoms with van der Waals surface area (Å²) in [5.41, 5.74) is -0.398. The molecule has 0 aliphatic heterocycles. The first-order valence-corrected chi connectivity index (χ1v) is 6.13. The first-order chi connectivity index (χ1) is 9.08. The first-order valence-electron chi connectivity index (χ1n) is 6.13. The maximum Gasteiger partial charge on any atom is 0.258 e. The van der Waals surface area contributed by atoms with Crippen LogP contribution < -0.4 is 10.6 Å². The highest BCUT2D eigenvalue weighted by atomic mass is 19.1. The molecule has 102 valence electrons. The van der Waals surface area contributed by atoms with Crippen LogP contribution in [0, 0.1) is 5.82 Å². The number of phenols is 1. The highest BCUT2D eigenvalue weighted by molar-refractivity contribution is 5.97. The van der Waals surface area contributed by atoms with Crippen molar-refractivity contribution in [3.63, 3.8) is 0 Å². The molecular formula is C13H15FN2O3. The van der Waals surface area contributed by atoms with Crippen molar-refractivity contribution in [3.8, 4) is 5.75 Å². The van der Waals surface area contributed by atoms with Crippen LogP contribution in [0.5, 0.6) is 5.75 Å². The number of rotatable bonds is 5. The number of hydrogen-bond donors (Lipinski definition) is 3. The van der Waals surface area contributed by atoms with Crippen LogP contribution in [-0.4, -0.2) is 29.5 Å². The summed E-state index contributed by atoms with van der Waals surface area (Å²) in [6.45, 7) is 0.102. The highest BCUT2D eigenvalue weighted by Gasteiger charge is 2.23. The summed E-state index contributed by atoms with van der Waals surface area (Å²) in [5.74, 6) is -2.07. The molecule has 1 fully saturated rings. The summed E-state index contributed by atoms with van der Waals surface area (Å²) < 4.78 is 13.4. The van der Waals surface area contributed by atoms with Gasteiger partial charge < -0.3 is 15.7 Å². The number of aromatic hydroxyl groups is 1. The fourth-order valence-electron chi connectivity index (χ4n) is 1.64. The molecule has 0 heterocycles. The van der Waals surface area contributed by atoms with Crippen molar-refractivity contribution >= 4 is 11.8 Å². The zero-order chi connectivity index (χ0) is 13.8. The van der Waals surface area contributed by atoms with E-state index in [1.54, 1.807) is 0 Å². The zero-order valence-corrected chi connectivity index (χ0v) is 10.3. The van der Waals surface area contributed by atoms with E-state index in [1.807, 2.05) is 0 Å². The third-order valence-electron chi connectivity index (χ3n) is 2.80. The molecule has 0 saturated heterocycles. The molecule has 1 aromatic carbocycles. The molecule has 6 heteroatoms. The van der Waals surface area contributed by atoms with Gasteiger partial charge in [-0.15, -0.1) is 0 Å². The van der Waals surface area contributed by atoms with Gasteiger partial charge in [0, 0.05) is 19.0 Å². The fourth-order valence-corrected chi connectivity index (χ4v) is 1.64. The molecule has 0 atom stereocenters. The number of hydrogen-bond acceptors (Lipinski definition) is 3. The van der Waals surface area contributed by atoms with Gasteiger partial charge in [-0.3, -0.25) is 9.59 Å². The minimum atomic E-state index is -0.792. The van der Waals surface area contributed by atoms with Gasteiger partial charge in [-0.25, -0.2) is 4.39 Å². The molecule has 2 rings (SSSR count). The number of nitrogens with one attached hydrogen (secondary N) is 2. The van der Waals surface area contributed by atoms with E-state index in [1.165, 1.54) is 12.1 Å². The first kappa shape index (κ1) is 13.3. The van der Waals surface area contributed by atoms with E-state index in [2.05, 4.69) is 10.6 Å². The van der Waals surface area contributed by atoms with Crippen molar-refractivity contribution in [1.29, 1.82) is 0 Å². The van der Waals surface area contributed by atoms with Gasteiger partial charge in [0.25, 0.3) is 5.91 Å². The zero-order valence-electron chi connectivity index (χ0n) is 10.3. The third kappa shape index (κ3) is 3.67. The summed E-state index contributed by atoms with van der Waals surface area (Å²) in [7, 11) is 0. The van der Waals surface area contributed by atoms with E-state index in [-0.39, 0.29) is 24.9 Å². The molecule has 1 aliphatic rings. The smallest absolute Gasteiger partial charge is 0.258 e. The van der Waals surface area contributed by atoms with Gasteiger partial charge >= 0.3 is 0 Å². The summed E-state index contributed by atoms with van der Waals surface area (Å²) >= 11 is 0. The standard InChI is InChI=1S/C13H15FN2O3/c14-9-2-1-3-10(17)12(9)13(19)15-7-6-11(18)16-8-4-5-8/h1-3,8,17H,4-7H2,(H,15,19)(H,16,18). The molecular weight excluding hydrogens is 251 g/mol. The number of phenolic OH excluding ortho intramolecular Hbond substituents is 1. The molecule has 3 N–H and O–H groups in total. The predicted molar refractivity (Wildman–Crippen MR) is 66.2 cm³/mol. The Kier molecular flexibility index (Phi) is 3.99. The van der Waals surface area contributed by atoms with Gasteiger partial charge in [0.2, 0.25) is 5.91 Å². The van der Waals surface area contributed by atoms with Crippen molar-refractivity contribution in [2.24, 2.45) is 0 Å². The van der Waals surface area contributed by atoms with Crippen LogP contribution in [0.2, 0.25) is 0 Å². The topological polar surface area (TPSA) is 78.4 Å². The Morgan fingerprint density at radius 2 is 2.11 bits per heavy atom. The molecule has 1 aromatic rings. The summed E-state index contributed by atoms with van der Waals surface area (Å²) in [5, 5.41) is 14.6. The summed E-state index contributed by atoms with van der Waals surface area (Å²) in [4.78, 5) is 23.0. The molecule has 0 radical (unpaired) electrons. The fraction of sp³-hybridized carbons (Fsp3) is 0.385. The van der Waals surface area contributed by atoms with Crippen LogP contribution in [0.1, 0.15) is 29.6 Å². The third-order valence-corrected chi connectivity index (χ3v) is 2.80. The van der Waals surface area contributed by atoms with E-state index in [0.29, 0.717) is 0 Å². The minimum Gasteiger partial charge on any atom is -0.507 e. The molecule has 2 amide bonds. The van der Waals surface area contributed by atoms with Crippen molar-refractivity contribution < 1.29 is 19.1 Å². The van der Waals surface area contributed by atoms with Crippen molar-refractivity contribution in [2.45, 2.75) is 25.3 Å². The van der Waals surface area contributed by atoms with Crippen molar-refractivity contribution in [3.05, 3.63) is 29.6 Å².